The van der Waals surface area contributed by atoms with Crippen molar-refractivity contribution >= 4 is 23.0 Å². The third-order valence-corrected chi connectivity index (χ3v) is 3.88. The Labute approximate surface area is 151 Å². The molecule has 0 spiro atoms. The molecular formula is C16H22F2N4O2S. The van der Waals surface area contributed by atoms with E-state index in [2.05, 4.69) is 25.5 Å². The Morgan fingerprint density at radius 3 is 2.64 bits per heavy atom. The zero-order valence-electron chi connectivity index (χ0n) is 14.0. The van der Waals surface area contributed by atoms with E-state index < -0.39 is 6.61 Å². The average Bonchev–Trinajstić information content (AvgIpc) is 2.61. The maximum Gasteiger partial charge on any atom is 0.387 e. The van der Waals surface area contributed by atoms with Crippen molar-refractivity contribution in [2.75, 3.05) is 39.4 Å². The number of ether oxygens (including phenoxy) is 2. The number of hydrogen-bond donors (Lipinski definition) is 2. The van der Waals surface area contributed by atoms with Gasteiger partial charge in [-0.1, -0.05) is 0 Å². The molecule has 0 amide bonds. The van der Waals surface area contributed by atoms with Crippen LogP contribution in [-0.4, -0.2) is 61.7 Å². The van der Waals surface area contributed by atoms with E-state index >= 15 is 0 Å². The van der Waals surface area contributed by atoms with Gasteiger partial charge in [0.25, 0.3) is 0 Å². The number of hydrogen-bond acceptors (Lipinski definition) is 5. The Hall–Kier alpha value is -1.84. The van der Waals surface area contributed by atoms with Gasteiger partial charge in [-0.25, -0.2) is 0 Å². The Balaban J connectivity index is 1.72. The molecule has 1 aliphatic rings. The highest BCUT2D eigenvalue weighted by molar-refractivity contribution is 7.80. The first-order chi connectivity index (χ1) is 12.0. The summed E-state index contributed by atoms with van der Waals surface area (Å²) in [5.41, 5.74) is 4.24. The summed E-state index contributed by atoms with van der Waals surface area (Å²) in [4.78, 5) is 2.30. The van der Waals surface area contributed by atoms with Gasteiger partial charge in [-0.05, 0) is 49.0 Å². The molecule has 0 aromatic heterocycles. The highest BCUT2D eigenvalue weighted by atomic mass is 32.1. The largest absolute Gasteiger partial charge is 0.435 e. The van der Waals surface area contributed by atoms with Crippen LogP contribution in [0.2, 0.25) is 0 Å². The summed E-state index contributed by atoms with van der Waals surface area (Å²) >= 11 is 5.18. The Morgan fingerprint density at radius 1 is 1.32 bits per heavy atom. The second-order valence-corrected chi connectivity index (χ2v) is 5.83. The van der Waals surface area contributed by atoms with Crippen LogP contribution in [-0.2, 0) is 4.74 Å². The highest BCUT2D eigenvalue weighted by Gasteiger charge is 2.09. The van der Waals surface area contributed by atoms with Gasteiger partial charge in [0.2, 0.25) is 0 Å². The van der Waals surface area contributed by atoms with Gasteiger partial charge < -0.3 is 14.8 Å². The number of thiocarbonyl (C=S) groups is 1. The molecule has 0 unspecified atom stereocenters. The average molecular weight is 372 g/mol. The molecule has 0 bridgehead atoms. The minimum absolute atomic E-state index is 0.111. The predicted octanol–water partition coefficient (Wildman–Crippen LogP) is 1.81. The van der Waals surface area contributed by atoms with Gasteiger partial charge in [-0.3, -0.25) is 10.3 Å². The third-order valence-electron chi connectivity index (χ3n) is 3.64. The van der Waals surface area contributed by atoms with Crippen molar-refractivity contribution in [3.8, 4) is 5.75 Å². The number of rotatable bonds is 7. The molecule has 1 aromatic rings. The lowest BCUT2D eigenvalue weighted by Crippen LogP contribution is -2.42. The number of morpholine rings is 1. The van der Waals surface area contributed by atoms with Crippen molar-refractivity contribution in [2.24, 2.45) is 5.10 Å². The second kappa shape index (κ2) is 10.2. The maximum atomic E-state index is 12.1. The zero-order chi connectivity index (χ0) is 18.1. The molecule has 2 N–H and O–H groups in total. The van der Waals surface area contributed by atoms with Gasteiger partial charge in [-0.2, -0.15) is 13.9 Å². The number of hydrazone groups is 1. The monoisotopic (exact) mass is 372 g/mol. The summed E-state index contributed by atoms with van der Waals surface area (Å²) in [5, 5.41) is 7.72. The molecule has 9 heteroatoms. The number of benzene rings is 1. The van der Waals surface area contributed by atoms with E-state index in [4.69, 9.17) is 17.0 Å². The molecule has 0 saturated carbocycles. The van der Waals surface area contributed by atoms with E-state index in [-0.39, 0.29) is 5.75 Å². The van der Waals surface area contributed by atoms with Crippen LogP contribution >= 0.6 is 12.2 Å². The molecule has 0 atom stereocenters. The fourth-order valence-electron chi connectivity index (χ4n) is 2.27. The topological polar surface area (TPSA) is 58.1 Å². The van der Waals surface area contributed by atoms with Crippen LogP contribution in [0.5, 0.6) is 5.75 Å². The minimum Gasteiger partial charge on any atom is -0.435 e. The molecule has 6 nitrogen and oxygen atoms in total. The van der Waals surface area contributed by atoms with Gasteiger partial charge in [0.15, 0.2) is 5.11 Å². The molecular weight excluding hydrogens is 350 g/mol. The van der Waals surface area contributed by atoms with E-state index in [1.807, 2.05) is 0 Å². The summed E-state index contributed by atoms with van der Waals surface area (Å²) in [6.45, 7) is 3.99. The quantitative estimate of drug-likeness (QED) is 0.433. The van der Waals surface area contributed by atoms with Crippen LogP contribution in [0.3, 0.4) is 0 Å². The van der Waals surface area contributed by atoms with Crippen LogP contribution in [0.1, 0.15) is 12.5 Å². The summed E-state index contributed by atoms with van der Waals surface area (Å²) in [6.07, 6.45) is 0. The Bertz CT molecular complexity index is 578. The first-order valence-corrected chi connectivity index (χ1v) is 8.39. The lowest BCUT2D eigenvalue weighted by Gasteiger charge is -2.26. The lowest BCUT2D eigenvalue weighted by atomic mass is 10.1. The molecule has 138 valence electrons. The summed E-state index contributed by atoms with van der Waals surface area (Å²) in [7, 11) is 0. The summed E-state index contributed by atoms with van der Waals surface area (Å²) in [5.74, 6) is 0.111. The first kappa shape index (κ1) is 19.5. The molecule has 1 fully saturated rings. The third kappa shape index (κ3) is 7.29. The van der Waals surface area contributed by atoms with Gasteiger partial charge in [0, 0.05) is 26.2 Å². The number of nitrogens with zero attached hydrogens (tertiary/aromatic N) is 2. The molecule has 2 rings (SSSR count). The van der Waals surface area contributed by atoms with Crippen LogP contribution in [0, 0.1) is 0 Å². The van der Waals surface area contributed by atoms with Crippen molar-refractivity contribution in [2.45, 2.75) is 13.5 Å². The van der Waals surface area contributed by atoms with E-state index in [0.29, 0.717) is 10.8 Å². The molecule has 1 saturated heterocycles. The summed E-state index contributed by atoms with van der Waals surface area (Å²) < 4.78 is 33.9. The van der Waals surface area contributed by atoms with E-state index in [9.17, 15) is 8.78 Å². The Kier molecular flexibility index (Phi) is 7.96. The predicted molar refractivity (Wildman–Crippen MR) is 96.3 cm³/mol. The van der Waals surface area contributed by atoms with Crippen molar-refractivity contribution < 1.29 is 18.3 Å². The van der Waals surface area contributed by atoms with Crippen molar-refractivity contribution in [3.63, 3.8) is 0 Å². The van der Waals surface area contributed by atoms with Crippen LogP contribution < -0.4 is 15.5 Å². The smallest absolute Gasteiger partial charge is 0.387 e. The highest BCUT2D eigenvalue weighted by Crippen LogP contribution is 2.15. The number of alkyl halides is 2. The second-order valence-electron chi connectivity index (χ2n) is 5.42. The van der Waals surface area contributed by atoms with Gasteiger partial charge in [0.05, 0.1) is 18.9 Å². The Morgan fingerprint density at radius 2 is 2.00 bits per heavy atom. The zero-order valence-corrected chi connectivity index (χ0v) is 14.8. The standard InChI is InChI=1S/C16H22F2N4O2S/c1-12(13-2-4-14(5-3-13)24-15(17)18)20-21-16(25)19-6-7-22-8-10-23-11-9-22/h2-5,15H,6-11H2,1H3,(H2,19,21,25)/b20-12+. The molecule has 1 aromatic carbocycles. The number of halogens is 2. The number of nitrogens with one attached hydrogen (secondary N) is 2. The summed E-state index contributed by atoms with van der Waals surface area (Å²) in [6, 6.07) is 6.26. The van der Waals surface area contributed by atoms with Gasteiger partial charge >= 0.3 is 6.61 Å². The van der Waals surface area contributed by atoms with E-state index in [1.165, 1.54) is 12.1 Å². The SMILES string of the molecule is C/C(=N\NC(=S)NCCN1CCOCC1)c1ccc(OC(F)F)cc1. The minimum atomic E-state index is -2.83. The molecule has 1 heterocycles. The fraction of sp³-hybridized carbons (Fsp3) is 0.500. The van der Waals surface area contributed by atoms with Crippen LogP contribution in [0.15, 0.2) is 29.4 Å². The normalized spacial score (nSPS) is 15.9. The maximum absolute atomic E-state index is 12.1. The molecule has 0 radical (unpaired) electrons. The fourth-order valence-corrected chi connectivity index (χ4v) is 2.42. The first-order valence-electron chi connectivity index (χ1n) is 7.98. The van der Waals surface area contributed by atoms with Gasteiger partial charge in [-0.15, -0.1) is 0 Å². The van der Waals surface area contributed by atoms with Crippen LogP contribution in [0.4, 0.5) is 8.78 Å². The van der Waals surface area contributed by atoms with Crippen molar-refractivity contribution in [1.82, 2.24) is 15.6 Å². The lowest BCUT2D eigenvalue weighted by molar-refractivity contribution is -0.0498. The van der Waals surface area contributed by atoms with Gasteiger partial charge in [0.1, 0.15) is 5.75 Å². The van der Waals surface area contributed by atoms with Crippen LogP contribution in [0.25, 0.3) is 0 Å². The van der Waals surface area contributed by atoms with E-state index in [1.54, 1.807) is 19.1 Å². The van der Waals surface area contributed by atoms with Crippen molar-refractivity contribution in [1.29, 1.82) is 0 Å². The molecule has 0 aliphatic carbocycles. The molecule has 25 heavy (non-hydrogen) atoms. The molecule has 1 aliphatic heterocycles. The van der Waals surface area contributed by atoms with Crippen molar-refractivity contribution in [3.05, 3.63) is 29.8 Å². The van der Waals surface area contributed by atoms with E-state index in [0.717, 1.165) is 45.0 Å².